The fourth-order valence-electron chi connectivity index (χ4n) is 3.55. The highest BCUT2D eigenvalue weighted by molar-refractivity contribution is 4.90. The van der Waals surface area contributed by atoms with Crippen molar-refractivity contribution in [1.29, 1.82) is 0 Å². The molecule has 1 saturated carbocycles. The van der Waals surface area contributed by atoms with Gasteiger partial charge in [0.25, 0.3) is 0 Å². The molecule has 1 N–H and O–H groups in total. The molecule has 0 spiro atoms. The van der Waals surface area contributed by atoms with Crippen LogP contribution < -0.4 is 5.32 Å². The highest BCUT2D eigenvalue weighted by Crippen LogP contribution is 2.36. The van der Waals surface area contributed by atoms with Crippen LogP contribution in [0, 0.1) is 11.8 Å². The van der Waals surface area contributed by atoms with Crippen LogP contribution in [0.1, 0.15) is 73.1 Å². The average Bonchev–Trinajstić information content (AvgIpc) is 2.27. The second-order valence-corrected chi connectivity index (χ2v) is 7.12. The van der Waals surface area contributed by atoms with Crippen molar-refractivity contribution in [2.75, 3.05) is 13.1 Å². The summed E-state index contributed by atoms with van der Waals surface area (Å²) in [4.78, 5) is 0. The van der Waals surface area contributed by atoms with Crippen LogP contribution in [0.25, 0.3) is 0 Å². The molecule has 0 radical (unpaired) electrons. The lowest BCUT2D eigenvalue weighted by Gasteiger charge is -2.42. The first-order chi connectivity index (χ1) is 8.97. The third-order valence-electron chi connectivity index (χ3n) is 4.18. The van der Waals surface area contributed by atoms with Gasteiger partial charge in [-0.3, -0.25) is 0 Å². The molecule has 0 aromatic heterocycles. The lowest BCUT2D eigenvalue weighted by molar-refractivity contribution is -0.119. The summed E-state index contributed by atoms with van der Waals surface area (Å²) in [6, 6.07) is 0. The Hall–Kier alpha value is -0.0800. The van der Waals surface area contributed by atoms with Crippen molar-refractivity contribution in [3.05, 3.63) is 0 Å². The maximum atomic E-state index is 6.54. The van der Waals surface area contributed by atoms with Gasteiger partial charge in [-0.15, -0.1) is 0 Å². The predicted octanol–water partition coefficient (Wildman–Crippen LogP) is 4.39. The monoisotopic (exact) mass is 269 g/mol. The van der Waals surface area contributed by atoms with Crippen molar-refractivity contribution in [3.63, 3.8) is 0 Å². The maximum Gasteiger partial charge on any atom is 0.0812 e. The summed E-state index contributed by atoms with van der Waals surface area (Å²) in [6.45, 7) is 13.6. The molecule has 3 unspecified atom stereocenters. The summed E-state index contributed by atoms with van der Waals surface area (Å²) in [6.07, 6.45) is 7.91. The minimum atomic E-state index is 0.0984. The molecular weight excluding hydrogens is 234 g/mol. The molecule has 2 heteroatoms. The molecule has 1 fully saturated rings. The van der Waals surface area contributed by atoms with E-state index in [1.807, 2.05) is 0 Å². The molecule has 0 bridgehead atoms. The van der Waals surface area contributed by atoms with E-state index < -0.39 is 0 Å². The van der Waals surface area contributed by atoms with E-state index in [-0.39, 0.29) is 5.60 Å². The molecule has 0 heterocycles. The Bertz CT molecular complexity index is 241. The molecule has 1 rings (SSSR count). The van der Waals surface area contributed by atoms with Gasteiger partial charge in [0.15, 0.2) is 0 Å². The van der Waals surface area contributed by atoms with Gasteiger partial charge in [0.05, 0.1) is 11.7 Å². The first kappa shape index (κ1) is 17.0. The van der Waals surface area contributed by atoms with Crippen LogP contribution in [0.15, 0.2) is 0 Å². The van der Waals surface area contributed by atoms with Crippen molar-refractivity contribution in [3.8, 4) is 0 Å². The average molecular weight is 269 g/mol. The van der Waals surface area contributed by atoms with Crippen molar-refractivity contribution in [1.82, 2.24) is 5.32 Å². The van der Waals surface area contributed by atoms with Crippen LogP contribution in [0.4, 0.5) is 0 Å². The lowest BCUT2D eigenvalue weighted by atomic mass is 9.78. The molecule has 0 aliphatic heterocycles. The SMILES string of the molecule is CCCNCC1(OC(C)CC(C)C)CCCC(C)C1. The van der Waals surface area contributed by atoms with Crippen LogP contribution >= 0.6 is 0 Å². The van der Waals surface area contributed by atoms with E-state index in [4.69, 9.17) is 4.74 Å². The zero-order valence-electron chi connectivity index (χ0n) is 13.8. The Balaban J connectivity index is 2.57. The van der Waals surface area contributed by atoms with Crippen LogP contribution in [0.5, 0.6) is 0 Å². The van der Waals surface area contributed by atoms with Gasteiger partial charge in [-0.2, -0.15) is 0 Å². The highest BCUT2D eigenvalue weighted by atomic mass is 16.5. The van der Waals surface area contributed by atoms with Crippen molar-refractivity contribution >= 4 is 0 Å². The maximum absolute atomic E-state index is 6.54. The van der Waals surface area contributed by atoms with E-state index in [1.165, 1.54) is 38.5 Å². The molecule has 0 aromatic rings. The highest BCUT2D eigenvalue weighted by Gasteiger charge is 2.36. The summed E-state index contributed by atoms with van der Waals surface area (Å²) in [7, 11) is 0. The van der Waals surface area contributed by atoms with E-state index in [1.54, 1.807) is 0 Å². The van der Waals surface area contributed by atoms with Crippen molar-refractivity contribution in [2.45, 2.75) is 84.8 Å². The summed E-state index contributed by atoms with van der Waals surface area (Å²) >= 11 is 0. The fourth-order valence-corrected chi connectivity index (χ4v) is 3.55. The molecular formula is C17H35NO. The van der Waals surface area contributed by atoms with Crippen LogP contribution in [0.3, 0.4) is 0 Å². The Morgan fingerprint density at radius 1 is 1.32 bits per heavy atom. The number of hydrogen-bond acceptors (Lipinski definition) is 2. The normalized spacial score (nSPS) is 29.7. The Morgan fingerprint density at radius 2 is 2.05 bits per heavy atom. The number of nitrogens with one attached hydrogen (secondary N) is 1. The topological polar surface area (TPSA) is 21.3 Å². The third kappa shape index (κ3) is 6.27. The Kier molecular flexibility index (Phi) is 7.38. The van der Waals surface area contributed by atoms with E-state index >= 15 is 0 Å². The van der Waals surface area contributed by atoms with Gasteiger partial charge in [-0.1, -0.05) is 40.5 Å². The second kappa shape index (κ2) is 8.26. The molecule has 0 amide bonds. The molecule has 3 atom stereocenters. The van der Waals surface area contributed by atoms with Crippen molar-refractivity contribution < 1.29 is 4.74 Å². The third-order valence-corrected chi connectivity index (χ3v) is 4.18. The first-order valence-electron chi connectivity index (χ1n) is 8.36. The second-order valence-electron chi connectivity index (χ2n) is 7.12. The van der Waals surface area contributed by atoms with E-state index in [9.17, 15) is 0 Å². The Morgan fingerprint density at radius 3 is 2.63 bits per heavy atom. The van der Waals surface area contributed by atoms with Gasteiger partial charge in [-0.25, -0.2) is 0 Å². The molecule has 0 aromatic carbocycles. The molecule has 1 aliphatic carbocycles. The smallest absolute Gasteiger partial charge is 0.0812 e. The van der Waals surface area contributed by atoms with Crippen LogP contribution in [-0.2, 0) is 4.74 Å². The van der Waals surface area contributed by atoms with E-state index in [0.29, 0.717) is 6.10 Å². The first-order valence-corrected chi connectivity index (χ1v) is 8.36. The number of rotatable bonds is 8. The molecule has 2 nitrogen and oxygen atoms in total. The summed E-state index contributed by atoms with van der Waals surface area (Å²) in [5, 5.41) is 3.60. The standard InChI is InChI=1S/C17H35NO/c1-6-10-18-13-17(9-7-8-15(4)12-17)19-16(5)11-14(2)3/h14-16,18H,6-13H2,1-5H3. The van der Waals surface area contributed by atoms with Gasteiger partial charge in [-0.05, 0) is 51.0 Å². The van der Waals surface area contributed by atoms with E-state index in [0.717, 1.165) is 24.9 Å². The summed E-state index contributed by atoms with van der Waals surface area (Å²) in [5.41, 5.74) is 0.0984. The van der Waals surface area contributed by atoms with Gasteiger partial charge in [0.1, 0.15) is 0 Å². The van der Waals surface area contributed by atoms with Crippen LogP contribution in [-0.4, -0.2) is 24.8 Å². The molecule has 0 saturated heterocycles. The molecule has 19 heavy (non-hydrogen) atoms. The van der Waals surface area contributed by atoms with Crippen molar-refractivity contribution in [2.24, 2.45) is 11.8 Å². The fraction of sp³-hybridized carbons (Fsp3) is 1.00. The number of ether oxygens (including phenoxy) is 1. The van der Waals surface area contributed by atoms with E-state index in [2.05, 4.69) is 39.9 Å². The largest absolute Gasteiger partial charge is 0.371 e. The zero-order valence-corrected chi connectivity index (χ0v) is 13.8. The Labute approximate surface area is 120 Å². The minimum absolute atomic E-state index is 0.0984. The quantitative estimate of drug-likeness (QED) is 0.660. The predicted molar refractivity (Wildman–Crippen MR) is 83.5 cm³/mol. The number of hydrogen-bond donors (Lipinski definition) is 1. The minimum Gasteiger partial charge on any atom is -0.371 e. The van der Waals surface area contributed by atoms with Gasteiger partial charge < -0.3 is 10.1 Å². The van der Waals surface area contributed by atoms with Crippen LogP contribution in [0.2, 0.25) is 0 Å². The summed E-state index contributed by atoms with van der Waals surface area (Å²) < 4.78 is 6.54. The lowest BCUT2D eigenvalue weighted by Crippen LogP contribution is -2.48. The summed E-state index contributed by atoms with van der Waals surface area (Å²) in [5.74, 6) is 1.53. The van der Waals surface area contributed by atoms with Gasteiger partial charge in [0.2, 0.25) is 0 Å². The molecule has 114 valence electrons. The van der Waals surface area contributed by atoms with Gasteiger partial charge in [0, 0.05) is 6.54 Å². The van der Waals surface area contributed by atoms with Gasteiger partial charge >= 0.3 is 0 Å². The zero-order chi connectivity index (χ0) is 14.3. The molecule has 1 aliphatic rings.